The lowest BCUT2D eigenvalue weighted by Gasteiger charge is -2.13. The Kier molecular flexibility index (Phi) is 4.02. The third-order valence-corrected chi connectivity index (χ3v) is 3.75. The molecule has 0 aliphatic rings. The molecular weight excluding hydrogens is 296 g/mol. The van der Waals surface area contributed by atoms with Gasteiger partial charge < -0.3 is 23.4 Å². The number of fused-ring (bicyclic) bond motifs is 1. The second kappa shape index (κ2) is 6.12. The molecule has 0 aliphatic carbocycles. The van der Waals surface area contributed by atoms with Crippen LogP contribution in [0.4, 0.5) is 0 Å². The number of methoxy groups -OCH3 is 4. The van der Waals surface area contributed by atoms with E-state index in [1.165, 1.54) is 0 Å². The smallest absolute Gasteiger partial charge is 0.204 e. The zero-order valence-corrected chi connectivity index (χ0v) is 13.5. The molecular formula is C18H18O5. The van der Waals surface area contributed by atoms with Crippen molar-refractivity contribution in [1.29, 1.82) is 0 Å². The van der Waals surface area contributed by atoms with E-state index in [0.717, 1.165) is 22.3 Å². The summed E-state index contributed by atoms with van der Waals surface area (Å²) in [5.41, 5.74) is 2.53. The van der Waals surface area contributed by atoms with Gasteiger partial charge in [0, 0.05) is 11.6 Å². The molecule has 0 fully saturated rings. The van der Waals surface area contributed by atoms with E-state index in [-0.39, 0.29) is 0 Å². The quantitative estimate of drug-likeness (QED) is 0.708. The fourth-order valence-electron chi connectivity index (χ4n) is 2.67. The van der Waals surface area contributed by atoms with Gasteiger partial charge in [0.1, 0.15) is 11.3 Å². The van der Waals surface area contributed by atoms with Crippen LogP contribution in [0.25, 0.3) is 22.1 Å². The Hall–Kier alpha value is -2.82. The average molecular weight is 314 g/mol. The fourth-order valence-corrected chi connectivity index (χ4v) is 2.67. The third kappa shape index (κ3) is 2.44. The van der Waals surface area contributed by atoms with Crippen molar-refractivity contribution < 1.29 is 23.4 Å². The molecule has 0 bridgehead atoms. The number of hydrogen-bond acceptors (Lipinski definition) is 5. The van der Waals surface area contributed by atoms with E-state index >= 15 is 0 Å². The molecule has 0 unspecified atom stereocenters. The Morgan fingerprint density at radius 2 is 1.61 bits per heavy atom. The van der Waals surface area contributed by atoms with Gasteiger partial charge in [-0.15, -0.1) is 0 Å². The highest BCUT2D eigenvalue weighted by molar-refractivity contribution is 6.01. The number of furan rings is 1. The van der Waals surface area contributed by atoms with Crippen LogP contribution in [0.2, 0.25) is 0 Å². The fraction of sp³-hybridized carbons (Fsp3) is 0.222. The van der Waals surface area contributed by atoms with Crippen LogP contribution in [0.3, 0.4) is 0 Å². The van der Waals surface area contributed by atoms with Crippen LogP contribution in [-0.4, -0.2) is 28.4 Å². The monoisotopic (exact) mass is 314 g/mol. The van der Waals surface area contributed by atoms with Gasteiger partial charge in [-0.3, -0.25) is 0 Å². The molecule has 0 radical (unpaired) electrons. The van der Waals surface area contributed by atoms with Crippen LogP contribution in [-0.2, 0) is 0 Å². The van der Waals surface area contributed by atoms with Crippen molar-refractivity contribution in [1.82, 2.24) is 0 Å². The van der Waals surface area contributed by atoms with Gasteiger partial charge in [-0.05, 0) is 17.7 Å². The van der Waals surface area contributed by atoms with Crippen molar-refractivity contribution in [3.8, 4) is 34.1 Å². The maximum absolute atomic E-state index is 5.71. The summed E-state index contributed by atoms with van der Waals surface area (Å²) in [5.74, 6) is 2.45. The number of hydrogen-bond donors (Lipinski definition) is 0. The number of benzene rings is 2. The molecule has 0 N–H and O–H groups in total. The molecule has 0 atom stereocenters. The van der Waals surface area contributed by atoms with E-state index in [0.29, 0.717) is 22.8 Å². The van der Waals surface area contributed by atoms with Crippen LogP contribution in [0.5, 0.6) is 23.0 Å². The Bertz CT molecular complexity index is 835. The first kappa shape index (κ1) is 15.1. The van der Waals surface area contributed by atoms with Gasteiger partial charge in [0.2, 0.25) is 5.75 Å². The standard InChI is InChI=1S/C18H18O5/c1-19-12-7-5-6-11(8-12)13-10-23-14-9-15(20-2)17(21-3)18(22-4)16(13)14/h5-10H,1-4H3. The van der Waals surface area contributed by atoms with Crippen molar-refractivity contribution in [2.45, 2.75) is 0 Å². The van der Waals surface area contributed by atoms with E-state index in [1.54, 1.807) is 40.8 Å². The van der Waals surface area contributed by atoms with Crippen molar-refractivity contribution >= 4 is 11.0 Å². The Balaban J connectivity index is 2.30. The molecule has 1 aromatic heterocycles. The lowest BCUT2D eigenvalue weighted by molar-refractivity contribution is 0.327. The summed E-state index contributed by atoms with van der Waals surface area (Å²) in [5, 5.41) is 0.832. The Morgan fingerprint density at radius 1 is 0.826 bits per heavy atom. The molecule has 0 saturated carbocycles. The molecule has 120 valence electrons. The number of rotatable bonds is 5. The van der Waals surface area contributed by atoms with Crippen molar-refractivity contribution in [3.63, 3.8) is 0 Å². The Labute approximate surface area is 134 Å². The predicted molar refractivity (Wildman–Crippen MR) is 87.9 cm³/mol. The second-order valence-electron chi connectivity index (χ2n) is 4.90. The molecule has 5 nitrogen and oxygen atoms in total. The molecule has 3 rings (SSSR count). The Morgan fingerprint density at radius 3 is 2.26 bits per heavy atom. The minimum Gasteiger partial charge on any atom is -0.497 e. The average Bonchev–Trinajstić information content (AvgIpc) is 3.03. The van der Waals surface area contributed by atoms with Crippen molar-refractivity contribution in [2.75, 3.05) is 28.4 Å². The summed E-state index contributed by atoms with van der Waals surface area (Å²) in [4.78, 5) is 0. The largest absolute Gasteiger partial charge is 0.497 e. The molecule has 5 heteroatoms. The van der Waals surface area contributed by atoms with Crippen molar-refractivity contribution in [2.24, 2.45) is 0 Å². The zero-order valence-electron chi connectivity index (χ0n) is 13.5. The van der Waals surface area contributed by atoms with Crippen molar-refractivity contribution in [3.05, 3.63) is 36.6 Å². The summed E-state index contributed by atoms with van der Waals surface area (Å²) >= 11 is 0. The van der Waals surface area contributed by atoms with Gasteiger partial charge in [-0.2, -0.15) is 0 Å². The molecule has 0 saturated heterocycles. The molecule has 0 spiro atoms. The highest BCUT2D eigenvalue weighted by atomic mass is 16.5. The van der Waals surface area contributed by atoms with Crippen LogP contribution in [0, 0.1) is 0 Å². The molecule has 0 aliphatic heterocycles. The summed E-state index contributed by atoms with van der Waals surface area (Å²) in [6, 6.07) is 9.55. The SMILES string of the molecule is COc1cccc(-c2coc3cc(OC)c(OC)c(OC)c23)c1. The predicted octanol–water partition coefficient (Wildman–Crippen LogP) is 4.13. The van der Waals surface area contributed by atoms with Crippen LogP contribution in [0.15, 0.2) is 41.0 Å². The second-order valence-corrected chi connectivity index (χ2v) is 4.90. The van der Waals surface area contributed by atoms with E-state index < -0.39 is 0 Å². The van der Waals surface area contributed by atoms with Gasteiger partial charge in [0.15, 0.2) is 11.5 Å². The highest BCUT2D eigenvalue weighted by Gasteiger charge is 2.21. The maximum atomic E-state index is 5.71. The third-order valence-electron chi connectivity index (χ3n) is 3.75. The molecule has 2 aromatic carbocycles. The lowest BCUT2D eigenvalue weighted by Crippen LogP contribution is -1.95. The van der Waals surface area contributed by atoms with Gasteiger partial charge in [-0.1, -0.05) is 12.1 Å². The van der Waals surface area contributed by atoms with Crippen LogP contribution < -0.4 is 18.9 Å². The van der Waals surface area contributed by atoms with Gasteiger partial charge in [0.05, 0.1) is 40.1 Å². The summed E-state index contributed by atoms with van der Waals surface area (Å²) in [6.07, 6.45) is 1.70. The van der Waals surface area contributed by atoms with E-state index in [1.807, 2.05) is 24.3 Å². The van der Waals surface area contributed by atoms with Crippen LogP contribution in [0.1, 0.15) is 0 Å². The van der Waals surface area contributed by atoms with Gasteiger partial charge in [-0.25, -0.2) is 0 Å². The van der Waals surface area contributed by atoms with E-state index in [4.69, 9.17) is 23.4 Å². The molecule has 23 heavy (non-hydrogen) atoms. The lowest BCUT2D eigenvalue weighted by atomic mass is 10.0. The molecule has 1 heterocycles. The van der Waals surface area contributed by atoms with Crippen LogP contribution >= 0.6 is 0 Å². The minimum absolute atomic E-state index is 0.535. The summed E-state index contributed by atoms with van der Waals surface area (Å²) in [6.45, 7) is 0. The van der Waals surface area contributed by atoms with Gasteiger partial charge >= 0.3 is 0 Å². The van der Waals surface area contributed by atoms with Gasteiger partial charge in [0.25, 0.3) is 0 Å². The molecule has 0 amide bonds. The first-order valence-electron chi connectivity index (χ1n) is 7.08. The normalized spacial score (nSPS) is 10.6. The highest BCUT2D eigenvalue weighted by Crippen LogP contribution is 2.47. The summed E-state index contributed by atoms with van der Waals surface area (Å²) < 4.78 is 27.4. The zero-order chi connectivity index (χ0) is 16.4. The first-order valence-corrected chi connectivity index (χ1v) is 7.08. The minimum atomic E-state index is 0.535. The summed E-state index contributed by atoms with van der Waals surface area (Å²) in [7, 11) is 6.40. The molecule has 3 aromatic rings. The number of ether oxygens (including phenoxy) is 4. The van der Waals surface area contributed by atoms with E-state index in [2.05, 4.69) is 0 Å². The topological polar surface area (TPSA) is 50.1 Å². The maximum Gasteiger partial charge on any atom is 0.204 e. The van der Waals surface area contributed by atoms with E-state index in [9.17, 15) is 0 Å². The first-order chi connectivity index (χ1) is 11.2.